The van der Waals surface area contributed by atoms with E-state index in [1.54, 1.807) is 0 Å². The smallest absolute Gasteiger partial charge is 0.135 e. The van der Waals surface area contributed by atoms with E-state index >= 15 is 0 Å². The van der Waals surface area contributed by atoms with Crippen LogP contribution in [-0.4, -0.2) is 27.5 Å². The molecule has 1 saturated heterocycles. The summed E-state index contributed by atoms with van der Waals surface area (Å²) in [7, 11) is 0. The van der Waals surface area contributed by atoms with Crippen LogP contribution in [-0.2, 0) is 0 Å². The van der Waals surface area contributed by atoms with Crippen molar-refractivity contribution in [3.63, 3.8) is 0 Å². The van der Waals surface area contributed by atoms with Crippen molar-refractivity contribution in [2.24, 2.45) is 0 Å². The fraction of sp³-hybridized carbons (Fsp3) is 0.692. The summed E-state index contributed by atoms with van der Waals surface area (Å²) in [5.74, 6) is 3.13. The molecule has 5 heteroatoms. The Hall–Kier alpha value is -0.970. The highest BCUT2D eigenvalue weighted by Gasteiger charge is 2.16. The molecule has 1 aromatic rings. The molecule has 0 saturated carbocycles. The summed E-state index contributed by atoms with van der Waals surface area (Å²) in [6.45, 7) is 5.21. The predicted molar refractivity (Wildman–Crippen MR) is 79.1 cm³/mol. The minimum Gasteiger partial charge on any atom is -0.383 e. The van der Waals surface area contributed by atoms with Crippen LogP contribution in [0, 0.1) is 0 Å². The third kappa shape index (κ3) is 3.28. The van der Waals surface area contributed by atoms with Gasteiger partial charge in [-0.1, -0.05) is 20.3 Å². The molecule has 0 spiro atoms. The van der Waals surface area contributed by atoms with Crippen molar-refractivity contribution < 1.29 is 0 Å². The van der Waals surface area contributed by atoms with Gasteiger partial charge >= 0.3 is 0 Å². The number of nitrogens with one attached hydrogen (secondary N) is 1. The fourth-order valence-electron chi connectivity index (χ4n) is 2.30. The first kappa shape index (κ1) is 13.5. The molecule has 2 rings (SSSR count). The van der Waals surface area contributed by atoms with E-state index < -0.39 is 0 Å². The summed E-state index contributed by atoms with van der Waals surface area (Å²) < 4.78 is 0. The SMILES string of the molecule is CC(C)c1c(N)ncnc1NCC1CCCCS1. The lowest BCUT2D eigenvalue weighted by Gasteiger charge is -2.23. The number of rotatable bonds is 4. The number of anilines is 2. The minimum atomic E-state index is 0.340. The zero-order valence-electron chi connectivity index (χ0n) is 11.1. The molecule has 1 aliphatic rings. The Morgan fingerprint density at radius 3 is 2.94 bits per heavy atom. The second kappa shape index (κ2) is 6.27. The second-order valence-corrected chi connectivity index (χ2v) is 6.45. The molecule has 2 heterocycles. The minimum absolute atomic E-state index is 0.340. The van der Waals surface area contributed by atoms with Crippen LogP contribution in [0.2, 0.25) is 0 Å². The van der Waals surface area contributed by atoms with Gasteiger partial charge in [0.1, 0.15) is 18.0 Å². The molecule has 0 bridgehead atoms. The third-order valence-corrected chi connectivity index (χ3v) is 4.66. The van der Waals surface area contributed by atoms with E-state index in [0.717, 1.165) is 17.9 Å². The Bertz CT molecular complexity index is 389. The van der Waals surface area contributed by atoms with Crippen LogP contribution in [0.25, 0.3) is 0 Å². The maximum atomic E-state index is 5.93. The van der Waals surface area contributed by atoms with Crippen molar-refractivity contribution in [3.8, 4) is 0 Å². The highest BCUT2D eigenvalue weighted by Crippen LogP contribution is 2.28. The van der Waals surface area contributed by atoms with Gasteiger partial charge in [0.2, 0.25) is 0 Å². The molecule has 1 unspecified atom stereocenters. The van der Waals surface area contributed by atoms with Gasteiger partial charge in [0.05, 0.1) is 0 Å². The zero-order valence-corrected chi connectivity index (χ0v) is 12.0. The van der Waals surface area contributed by atoms with Gasteiger partial charge < -0.3 is 11.1 Å². The van der Waals surface area contributed by atoms with Crippen molar-refractivity contribution in [2.75, 3.05) is 23.3 Å². The highest BCUT2D eigenvalue weighted by atomic mass is 32.2. The molecule has 0 aliphatic carbocycles. The van der Waals surface area contributed by atoms with E-state index in [0.29, 0.717) is 17.0 Å². The lowest BCUT2D eigenvalue weighted by Crippen LogP contribution is -2.21. The maximum Gasteiger partial charge on any atom is 0.135 e. The average molecular weight is 266 g/mol. The van der Waals surface area contributed by atoms with Gasteiger partial charge in [0.25, 0.3) is 0 Å². The molecular formula is C13H22N4S. The van der Waals surface area contributed by atoms with E-state index in [4.69, 9.17) is 5.73 Å². The van der Waals surface area contributed by atoms with E-state index in [9.17, 15) is 0 Å². The van der Waals surface area contributed by atoms with Crippen LogP contribution in [0.1, 0.15) is 44.6 Å². The summed E-state index contributed by atoms with van der Waals surface area (Å²) in [5.41, 5.74) is 6.97. The number of nitrogens with two attached hydrogens (primary N) is 1. The maximum absolute atomic E-state index is 5.93. The summed E-state index contributed by atoms with van der Waals surface area (Å²) >= 11 is 2.06. The molecule has 0 amide bonds. The molecule has 1 aromatic heterocycles. The quantitative estimate of drug-likeness (QED) is 0.877. The van der Waals surface area contributed by atoms with Gasteiger partial charge in [-0.25, -0.2) is 9.97 Å². The first-order chi connectivity index (χ1) is 8.68. The molecule has 4 nitrogen and oxygen atoms in total. The van der Waals surface area contributed by atoms with E-state index in [-0.39, 0.29) is 0 Å². The Morgan fingerprint density at radius 2 is 2.28 bits per heavy atom. The molecule has 0 aromatic carbocycles. The van der Waals surface area contributed by atoms with E-state index in [1.807, 2.05) is 0 Å². The molecule has 0 radical (unpaired) electrons. The predicted octanol–water partition coefficient (Wildman–Crippen LogP) is 2.88. The largest absolute Gasteiger partial charge is 0.383 e. The Morgan fingerprint density at radius 1 is 1.44 bits per heavy atom. The molecule has 100 valence electrons. The lowest BCUT2D eigenvalue weighted by atomic mass is 10.0. The van der Waals surface area contributed by atoms with Crippen LogP contribution < -0.4 is 11.1 Å². The monoisotopic (exact) mass is 266 g/mol. The topological polar surface area (TPSA) is 63.8 Å². The average Bonchev–Trinajstić information content (AvgIpc) is 2.37. The number of aromatic nitrogens is 2. The number of thioether (sulfide) groups is 1. The zero-order chi connectivity index (χ0) is 13.0. The summed E-state index contributed by atoms with van der Waals surface area (Å²) in [6, 6.07) is 0. The Kier molecular flexibility index (Phi) is 4.69. The van der Waals surface area contributed by atoms with Crippen molar-refractivity contribution in [3.05, 3.63) is 11.9 Å². The summed E-state index contributed by atoms with van der Waals surface area (Å²) in [6.07, 6.45) is 5.55. The molecule has 1 aliphatic heterocycles. The normalized spacial score (nSPS) is 20.1. The standard InChI is InChI=1S/C13H22N4S/c1-9(2)11-12(14)16-8-17-13(11)15-7-10-5-3-4-6-18-10/h8-10H,3-7H2,1-2H3,(H3,14,15,16,17). The van der Waals surface area contributed by atoms with Crippen LogP contribution in [0.3, 0.4) is 0 Å². The van der Waals surface area contributed by atoms with Crippen LogP contribution >= 0.6 is 11.8 Å². The number of nitrogens with zero attached hydrogens (tertiary/aromatic N) is 2. The van der Waals surface area contributed by atoms with Crippen molar-refractivity contribution in [1.82, 2.24) is 9.97 Å². The fourth-order valence-corrected chi connectivity index (χ4v) is 3.54. The van der Waals surface area contributed by atoms with Crippen molar-refractivity contribution in [1.29, 1.82) is 0 Å². The van der Waals surface area contributed by atoms with E-state index in [1.165, 1.54) is 31.3 Å². The van der Waals surface area contributed by atoms with Gasteiger partial charge in [-0.05, 0) is 24.5 Å². The van der Waals surface area contributed by atoms with Gasteiger partial charge in [0, 0.05) is 17.4 Å². The third-order valence-electron chi connectivity index (χ3n) is 3.26. The van der Waals surface area contributed by atoms with Crippen LogP contribution in [0.4, 0.5) is 11.6 Å². The number of nitrogen functional groups attached to an aromatic ring is 1. The highest BCUT2D eigenvalue weighted by molar-refractivity contribution is 7.99. The first-order valence-corrected chi connectivity index (χ1v) is 7.69. The summed E-state index contributed by atoms with van der Waals surface area (Å²) in [5, 5.41) is 4.16. The van der Waals surface area contributed by atoms with Crippen LogP contribution in [0.15, 0.2) is 6.33 Å². The van der Waals surface area contributed by atoms with E-state index in [2.05, 4.69) is 40.9 Å². The molecular weight excluding hydrogens is 244 g/mol. The van der Waals surface area contributed by atoms with Crippen LogP contribution in [0.5, 0.6) is 0 Å². The number of hydrogen-bond acceptors (Lipinski definition) is 5. The lowest BCUT2D eigenvalue weighted by molar-refractivity contribution is 0.676. The van der Waals surface area contributed by atoms with Gasteiger partial charge in [0.15, 0.2) is 0 Å². The van der Waals surface area contributed by atoms with Crippen molar-refractivity contribution >= 4 is 23.4 Å². The van der Waals surface area contributed by atoms with Gasteiger partial charge in [-0.3, -0.25) is 0 Å². The Balaban J connectivity index is 2.02. The van der Waals surface area contributed by atoms with Crippen molar-refractivity contribution in [2.45, 2.75) is 44.3 Å². The first-order valence-electron chi connectivity index (χ1n) is 6.64. The van der Waals surface area contributed by atoms with Gasteiger partial charge in [-0.2, -0.15) is 11.8 Å². The molecule has 1 atom stereocenters. The number of hydrogen-bond donors (Lipinski definition) is 2. The summed E-state index contributed by atoms with van der Waals surface area (Å²) in [4.78, 5) is 8.41. The molecule has 3 N–H and O–H groups in total. The molecule has 1 fully saturated rings. The Labute approximate surface area is 113 Å². The second-order valence-electron chi connectivity index (χ2n) is 5.05. The molecule has 18 heavy (non-hydrogen) atoms. The van der Waals surface area contributed by atoms with Gasteiger partial charge in [-0.15, -0.1) is 0 Å².